The molecule has 0 unspecified atom stereocenters. The summed E-state index contributed by atoms with van der Waals surface area (Å²) in [6.07, 6.45) is 1.65. The molecule has 0 amide bonds. The van der Waals surface area contributed by atoms with E-state index < -0.39 is 0 Å². The molecule has 0 bridgehead atoms. The van der Waals surface area contributed by atoms with Crippen molar-refractivity contribution in [3.8, 4) is 0 Å². The molecule has 0 saturated heterocycles. The van der Waals surface area contributed by atoms with Crippen molar-refractivity contribution in [2.75, 3.05) is 17.3 Å². The summed E-state index contributed by atoms with van der Waals surface area (Å²) in [6.45, 7) is 6.18. The van der Waals surface area contributed by atoms with Crippen LogP contribution in [0.3, 0.4) is 0 Å². The number of anilines is 3. The largest absolute Gasteiger partial charge is 0.348 e. The van der Waals surface area contributed by atoms with E-state index in [4.69, 9.17) is 0 Å². The average Bonchev–Trinajstić information content (AvgIpc) is 2.37. The monoisotopic (exact) mass is 257 g/mol. The lowest BCUT2D eigenvalue weighted by Gasteiger charge is -2.22. The number of hydrogen-bond acceptors (Lipinski definition) is 5. The van der Waals surface area contributed by atoms with Crippen LogP contribution in [-0.2, 0) is 0 Å². The molecule has 0 fully saturated rings. The first-order valence-electron chi connectivity index (χ1n) is 6.22. The number of benzene rings is 1. The van der Waals surface area contributed by atoms with Crippen LogP contribution < -0.4 is 10.2 Å². The van der Waals surface area contributed by atoms with E-state index in [1.807, 2.05) is 42.3 Å². The molecular weight excluding hydrogens is 238 g/mol. The van der Waals surface area contributed by atoms with Crippen molar-refractivity contribution in [2.24, 2.45) is 0 Å². The van der Waals surface area contributed by atoms with Gasteiger partial charge in [0.25, 0.3) is 0 Å². The number of para-hydroxylation sites is 1. The number of aromatic nitrogens is 3. The fraction of sp³-hybridized carbons (Fsp3) is 0.357. The molecule has 0 saturated carbocycles. The standard InChI is InChI=1S/C14H19N5/c1-14(2,3)17-13-16-12(10-15-18-13)19(4)11-8-6-5-7-9-11/h5-10H,1-4H3,(H,16,17,18). The lowest BCUT2D eigenvalue weighted by molar-refractivity contribution is 0.623. The fourth-order valence-electron chi connectivity index (χ4n) is 1.63. The SMILES string of the molecule is CN(c1ccccc1)c1cnnc(NC(C)(C)C)n1. The maximum absolute atomic E-state index is 4.48. The Balaban J connectivity index is 2.24. The second kappa shape index (κ2) is 5.22. The molecule has 1 aromatic carbocycles. The maximum Gasteiger partial charge on any atom is 0.245 e. The Kier molecular flexibility index (Phi) is 3.64. The van der Waals surface area contributed by atoms with Crippen molar-refractivity contribution in [3.63, 3.8) is 0 Å². The van der Waals surface area contributed by atoms with E-state index >= 15 is 0 Å². The van der Waals surface area contributed by atoms with Crippen LogP contribution >= 0.6 is 0 Å². The zero-order chi connectivity index (χ0) is 13.9. The van der Waals surface area contributed by atoms with Crippen LogP contribution in [0.2, 0.25) is 0 Å². The van der Waals surface area contributed by atoms with E-state index in [9.17, 15) is 0 Å². The van der Waals surface area contributed by atoms with Gasteiger partial charge in [-0.25, -0.2) is 0 Å². The molecular formula is C14H19N5. The summed E-state index contributed by atoms with van der Waals surface area (Å²) in [6, 6.07) is 10.0. The minimum absolute atomic E-state index is 0.0916. The molecule has 0 radical (unpaired) electrons. The number of nitrogens with zero attached hydrogens (tertiary/aromatic N) is 4. The molecule has 5 heteroatoms. The van der Waals surface area contributed by atoms with Gasteiger partial charge in [0.2, 0.25) is 5.95 Å². The highest BCUT2D eigenvalue weighted by molar-refractivity contribution is 5.58. The molecule has 1 aromatic heterocycles. The van der Waals surface area contributed by atoms with Gasteiger partial charge >= 0.3 is 0 Å². The van der Waals surface area contributed by atoms with Gasteiger partial charge in [0.15, 0.2) is 5.82 Å². The normalized spacial score (nSPS) is 11.2. The van der Waals surface area contributed by atoms with Crippen molar-refractivity contribution in [3.05, 3.63) is 36.5 Å². The van der Waals surface area contributed by atoms with E-state index in [1.165, 1.54) is 0 Å². The van der Waals surface area contributed by atoms with Crippen molar-refractivity contribution >= 4 is 17.5 Å². The first kappa shape index (κ1) is 13.3. The van der Waals surface area contributed by atoms with E-state index in [-0.39, 0.29) is 5.54 Å². The van der Waals surface area contributed by atoms with Crippen molar-refractivity contribution in [1.29, 1.82) is 0 Å². The van der Waals surface area contributed by atoms with Crippen molar-refractivity contribution in [1.82, 2.24) is 15.2 Å². The van der Waals surface area contributed by atoms with Gasteiger partial charge in [0.05, 0.1) is 6.20 Å². The van der Waals surface area contributed by atoms with Crippen LogP contribution in [-0.4, -0.2) is 27.8 Å². The molecule has 0 atom stereocenters. The second-order valence-corrected chi connectivity index (χ2v) is 5.41. The summed E-state index contributed by atoms with van der Waals surface area (Å²) in [7, 11) is 1.96. The summed E-state index contributed by atoms with van der Waals surface area (Å²) in [5, 5.41) is 11.2. The molecule has 0 aliphatic rings. The van der Waals surface area contributed by atoms with E-state index in [0.29, 0.717) is 5.95 Å². The van der Waals surface area contributed by atoms with Crippen LogP contribution in [0.4, 0.5) is 17.5 Å². The van der Waals surface area contributed by atoms with Gasteiger partial charge in [-0.2, -0.15) is 10.1 Å². The topological polar surface area (TPSA) is 53.9 Å². The Labute approximate surface area is 113 Å². The van der Waals surface area contributed by atoms with Crippen molar-refractivity contribution in [2.45, 2.75) is 26.3 Å². The third-order valence-electron chi connectivity index (χ3n) is 2.52. The van der Waals surface area contributed by atoms with E-state index in [1.54, 1.807) is 6.20 Å². The van der Waals surface area contributed by atoms with Gasteiger partial charge in [-0.1, -0.05) is 18.2 Å². The molecule has 0 aliphatic carbocycles. The van der Waals surface area contributed by atoms with Crippen molar-refractivity contribution < 1.29 is 0 Å². The Morgan fingerprint density at radius 3 is 2.42 bits per heavy atom. The summed E-state index contributed by atoms with van der Waals surface area (Å²) < 4.78 is 0. The number of nitrogens with one attached hydrogen (secondary N) is 1. The molecule has 5 nitrogen and oxygen atoms in total. The lowest BCUT2D eigenvalue weighted by Crippen LogP contribution is -2.28. The van der Waals surface area contributed by atoms with Gasteiger partial charge in [-0.15, -0.1) is 5.10 Å². The maximum atomic E-state index is 4.48. The zero-order valence-corrected chi connectivity index (χ0v) is 11.8. The number of hydrogen-bond donors (Lipinski definition) is 1. The molecule has 2 aromatic rings. The van der Waals surface area contributed by atoms with E-state index in [0.717, 1.165) is 11.5 Å². The number of rotatable bonds is 3. The first-order chi connectivity index (χ1) is 8.96. The third-order valence-corrected chi connectivity index (χ3v) is 2.52. The Bertz CT molecular complexity index is 533. The highest BCUT2D eigenvalue weighted by Crippen LogP contribution is 2.21. The molecule has 0 aliphatic heterocycles. The molecule has 100 valence electrons. The predicted molar refractivity (Wildman–Crippen MR) is 77.7 cm³/mol. The molecule has 1 heterocycles. The Morgan fingerprint density at radius 1 is 1.11 bits per heavy atom. The van der Waals surface area contributed by atoms with Crippen LogP contribution in [0.25, 0.3) is 0 Å². The van der Waals surface area contributed by atoms with Crippen LogP contribution in [0, 0.1) is 0 Å². The summed E-state index contributed by atoms with van der Waals surface area (Å²) >= 11 is 0. The summed E-state index contributed by atoms with van der Waals surface area (Å²) in [4.78, 5) is 6.45. The zero-order valence-electron chi connectivity index (χ0n) is 11.8. The highest BCUT2D eigenvalue weighted by atomic mass is 15.3. The quantitative estimate of drug-likeness (QED) is 0.916. The van der Waals surface area contributed by atoms with Gasteiger partial charge in [0, 0.05) is 18.3 Å². The van der Waals surface area contributed by atoms with Gasteiger partial charge < -0.3 is 10.2 Å². The minimum Gasteiger partial charge on any atom is -0.348 e. The lowest BCUT2D eigenvalue weighted by atomic mass is 10.1. The highest BCUT2D eigenvalue weighted by Gasteiger charge is 2.13. The van der Waals surface area contributed by atoms with Crippen LogP contribution in [0.15, 0.2) is 36.5 Å². The van der Waals surface area contributed by atoms with Gasteiger partial charge in [-0.3, -0.25) is 0 Å². The smallest absolute Gasteiger partial charge is 0.245 e. The van der Waals surface area contributed by atoms with Crippen LogP contribution in [0.1, 0.15) is 20.8 Å². The molecule has 0 spiro atoms. The second-order valence-electron chi connectivity index (χ2n) is 5.41. The fourth-order valence-corrected chi connectivity index (χ4v) is 1.63. The minimum atomic E-state index is -0.0916. The van der Waals surface area contributed by atoms with Crippen LogP contribution in [0.5, 0.6) is 0 Å². The third kappa shape index (κ3) is 3.64. The molecule has 2 rings (SSSR count). The van der Waals surface area contributed by atoms with Gasteiger partial charge in [-0.05, 0) is 32.9 Å². The Morgan fingerprint density at radius 2 is 1.79 bits per heavy atom. The molecule has 19 heavy (non-hydrogen) atoms. The van der Waals surface area contributed by atoms with Gasteiger partial charge in [0.1, 0.15) is 0 Å². The van der Waals surface area contributed by atoms with E-state index in [2.05, 4.69) is 41.3 Å². The summed E-state index contributed by atoms with van der Waals surface area (Å²) in [5.41, 5.74) is 0.968. The molecule has 1 N–H and O–H groups in total. The Hall–Kier alpha value is -2.17. The predicted octanol–water partition coefficient (Wildman–Crippen LogP) is 2.85. The first-order valence-corrected chi connectivity index (χ1v) is 6.22. The average molecular weight is 257 g/mol. The summed E-state index contributed by atoms with van der Waals surface area (Å²) in [5.74, 6) is 1.29.